The lowest BCUT2D eigenvalue weighted by Gasteiger charge is -2.20. The fourth-order valence-corrected chi connectivity index (χ4v) is 2.17. The van der Waals surface area contributed by atoms with Gasteiger partial charge in [-0.1, -0.05) is 18.2 Å². The molecule has 0 bridgehead atoms. The Morgan fingerprint density at radius 2 is 2.36 bits per heavy atom. The third-order valence-corrected chi connectivity index (χ3v) is 2.90. The van der Waals surface area contributed by atoms with Gasteiger partial charge < -0.3 is 4.74 Å². The number of carbonyl (C=O) groups is 2. The summed E-state index contributed by atoms with van der Waals surface area (Å²) < 4.78 is 4.70. The fourth-order valence-electron chi connectivity index (χ4n) is 2.17. The van der Waals surface area contributed by atoms with Crippen molar-refractivity contribution in [3.8, 4) is 0 Å². The lowest BCUT2D eigenvalue weighted by atomic mass is 9.84. The van der Waals surface area contributed by atoms with E-state index < -0.39 is 0 Å². The first-order valence-corrected chi connectivity index (χ1v) is 4.73. The van der Waals surface area contributed by atoms with Gasteiger partial charge in [0.05, 0.1) is 13.0 Å². The van der Waals surface area contributed by atoms with Crippen LogP contribution in [0.1, 0.15) is 12.8 Å². The van der Waals surface area contributed by atoms with Crippen molar-refractivity contribution in [2.75, 3.05) is 7.11 Å². The summed E-state index contributed by atoms with van der Waals surface area (Å²) in [5.41, 5.74) is 0.794. The molecule has 0 amide bonds. The van der Waals surface area contributed by atoms with Gasteiger partial charge in [0, 0.05) is 12.3 Å². The molecule has 1 fully saturated rings. The van der Waals surface area contributed by atoms with Crippen molar-refractivity contribution >= 4 is 11.8 Å². The van der Waals surface area contributed by atoms with Gasteiger partial charge in [0.1, 0.15) is 0 Å². The van der Waals surface area contributed by atoms with Gasteiger partial charge in [-0.2, -0.15) is 0 Å². The molecule has 0 aliphatic heterocycles. The molecular formula is C11H12O3. The number of ether oxygens (including phenoxy) is 1. The Morgan fingerprint density at radius 3 is 3.07 bits per heavy atom. The lowest BCUT2D eigenvalue weighted by molar-refractivity contribution is -0.144. The van der Waals surface area contributed by atoms with Gasteiger partial charge in [-0.15, -0.1) is 0 Å². The molecule has 2 atom stereocenters. The molecule has 0 radical (unpaired) electrons. The van der Waals surface area contributed by atoms with Crippen LogP contribution in [0.2, 0.25) is 0 Å². The first-order valence-electron chi connectivity index (χ1n) is 4.73. The Hall–Kier alpha value is -1.38. The molecule has 74 valence electrons. The number of Topliss-reactive ketones (excluding diaryl/α,β-unsaturated/α-hetero) is 1. The number of fused-ring (bicyclic) bond motifs is 1. The first-order chi connectivity index (χ1) is 6.74. The summed E-state index contributed by atoms with van der Waals surface area (Å²) in [6.45, 7) is 0. The van der Waals surface area contributed by atoms with Crippen LogP contribution in [0.25, 0.3) is 0 Å². The third-order valence-electron chi connectivity index (χ3n) is 2.90. The van der Waals surface area contributed by atoms with Crippen molar-refractivity contribution in [3.05, 3.63) is 23.8 Å². The van der Waals surface area contributed by atoms with Crippen LogP contribution in [0, 0.1) is 11.8 Å². The Balaban J connectivity index is 2.25. The second kappa shape index (κ2) is 3.40. The van der Waals surface area contributed by atoms with Crippen LogP contribution in [0.15, 0.2) is 23.8 Å². The van der Waals surface area contributed by atoms with E-state index in [1.807, 2.05) is 12.2 Å². The molecule has 2 aliphatic carbocycles. The normalized spacial score (nSPS) is 29.8. The van der Waals surface area contributed by atoms with Crippen molar-refractivity contribution in [2.24, 2.45) is 11.8 Å². The van der Waals surface area contributed by atoms with Crippen molar-refractivity contribution in [1.29, 1.82) is 0 Å². The number of hydrogen-bond donors (Lipinski definition) is 0. The average Bonchev–Trinajstić information content (AvgIpc) is 2.59. The highest BCUT2D eigenvalue weighted by molar-refractivity contribution is 5.99. The molecule has 0 aromatic heterocycles. The minimum Gasteiger partial charge on any atom is -0.469 e. The van der Waals surface area contributed by atoms with Crippen LogP contribution >= 0.6 is 0 Å². The summed E-state index contributed by atoms with van der Waals surface area (Å²) >= 11 is 0. The van der Waals surface area contributed by atoms with Crippen LogP contribution in [-0.2, 0) is 14.3 Å². The molecule has 3 heteroatoms. The predicted octanol–water partition coefficient (Wildman–Crippen LogP) is 1.25. The molecule has 0 saturated heterocycles. The van der Waals surface area contributed by atoms with E-state index in [2.05, 4.69) is 0 Å². The van der Waals surface area contributed by atoms with Gasteiger partial charge >= 0.3 is 5.97 Å². The summed E-state index contributed by atoms with van der Waals surface area (Å²) in [5.74, 6) is -0.272. The molecule has 0 heterocycles. The van der Waals surface area contributed by atoms with Gasteiger partial charge in [0.25, 0.3) is 0 Å². The smallest absolute Gasteiger partial charge is 0.313 e. The summed E-state index contributed by atoms with van der Waals surface area (Å²) in [6, 6.07) is 0. The fraction of sp³-hybridized carbons (Fsp3) is 0.455. The molecule has 0 aromatic rings. The van der Waals surface area contributed by atoms with E-state index in [9.17, 15) is 9.59 Å². The van der Waals surface area contributed by atoms with Gasteiger partial charge in [-0.25, -0.2) is 0 Å². The summed E-state index contributed by atoms with van der Waals surface area (Å²) in [7, 11) is 1.38. The maximum absolute atomic E-state index is 11.4. The lowest BCUT2D eigenvalue weighted by Crippen LogP contribution is -2.24. The van der Waals surface area contributed by atoms with E-state index in [0.717, 1.165) is 12.0 Å². The quantitative estimate of drug-likeness (QED) is 0.587. The van der Waals surface area contributed by atoms with Crippen LogP contribution in [0.3, 0.4) is 0 Å². The second-order valence-electron chi connectivity index (χ2n) is 3.62. The SMILES string of the molecule is COC(=O)[C@@H]1C=CC=C2C(=O)CC[C@H]21. The molecule has 2 rings (SSSR count). The minimum atomic E-state index is -0.258. The van der Waals surface area contributed by atoms with E-state index in [1.165, 1.54) is 7.11 Å². The van der Waals surface area contributed by atoms with Gasteiger partial charge in [-0.05, 0) is 12.0 Å². The van der Waals surface area contributed by atoms with Crippen molar-refractivity contribution < 1.29 is 14.3 Å². The van der Waals surface area contributed by atoms with Crippen LogP contribution in [0.5, 0.6) is 0 Å². The summed E-state index contributed by atoms with van der Waals surface area (Å²) in [4.78, 5) is 22.8. The Morgan fingerprint density at radius 1 is 1.57 bits per heavy atom. The maximum atomic E-state index is 11.4. The average molecular weight is 192 g/mol. The number of ketones is 1. The zero-order valence-electron chi connectivity index (χ0n) is 8.03. The molecule has 3 nitrogen and oxygen atoms in total. The minimum absolute atomic E-state index is 0.0555. The number of hydrogen-bond acceptors (Lipinski definition) is 3. The zero-order valence-corrected chi connectivity index (χ0v) is 8.03. The maximum Gasteiger partial charge on any atom is 0.313 e. The van der Waals surface area contributed by atoms with Gasteiger partial charge in [0.15, 0.2) is 5.78 Å². The monoisotopic (exact) mass is 192 g/mol. The highest BCUT2D eigenvalue weighted by Crippen LogP contribution is 2.37. The molecule has 0 unspecified atom stereocenters. The largest absolute Gasteiger partial charge is 0.469 e. The Bertz CT molecular complexity index is 338. The van der Waals surface area contributed by atoms with Crippen molar-refractivity contribution in [1.82, 2.24) is 0 Å². The van der Waals surface area contributed by atoms with E-state index >= 15 is 0 Å². The Kier molecular flexibility index (Phi) is 2.23. The molecule has 1 saturated carbocycles. The van der Waals surface area contributed by atoms with E-state index in [0.29, 0.717) is 6.42 Å². The second-order valence-corrected chi connectivity index (χ2v) is 3.62. The molecule has 2 aliphatic rings. The highest BCUT2D eigenvalue weighted by Gasteiger charge is 2.38. The van der Waals surface area contributed by atoms with Gasteiger partial charge in [0.2, 0.25) is 0 Å². The molecule has 0 aromatic carbocycles. The van der Waals surface area contributed by atoms with Gasteiger partial charge in [-0.3, -0.25) is 9.59 Å². The number of carbonyl (C=O) groups excluding carboxylic acids is 2. The van der Waals surface area contributed by atoms with E-state index in [-0.39, 0.29) is 23.6 Å². The topological polar surface area (TPSA) is 43.4 Å². The molecule has 0 spiro atoms. The van der Waals surface area contributed by atoms with Crippen LogP contribution in [-0.4, -0.2) is 18.9 Å². The summed E-state index contributed by atoms with van der Waals surface area (Å²) in [5, 5.41) is 0. The van der Waals surface area contributed by atoms with Crippen LogP contribution in [0.4, 0.5) is 0 Å². The third kappa shape index (κ3) is 1.29. The molecular weight excluding hydrogens is 180 g/mol. The number of methoxy groups -OCH3 is 1. The van der Waals surface area contributed by atoms with Crippen LogP contribution < -0.4 is 0 Å². The first kappa shape index (κ1) is 9.19. The number of esters is 1. The standard InChI is InChI=1S/C11H12O3/c1-14-11(13)9-4-2-3-8-7(9)5-6-10(8)12/h2-4,7,9H,5-6H2,1H3/t7-,9-/m1/s1. The Labute approximate surface area is 82.4 Å². The highest BCUT2D eigenvalue weighted by atomic mass is 16.5. The zero-order chi connectivity index (χ0) is 10.1. The van der Waals surface area contributed by atoms with E-state index in [4.69, 9.17) is 4.74 Å². The molecule has 14 heavy (non-hydrogen) atoms. The predicted molar refractivity (Wildman–Crippen MR) is 50.5 cm³/mol. The van der Waals surface area contributed by atoms with Crippen molar-refractivity contribution in [3.63, 3.8) is 0 Å². The number of allylic oxidation sites excluding steroid dienone is 3. The van der Waals surface area contributed by atoms with Crippen molar-refractivity contribution in [2.45, 2.75) is 12.8 Å². The molecule has 0 N–H and O–H groups in total. The van der Waals surface area contributed by atoms with E-state index in [1.54, 1.807) is 6.08 Å². The summed E-state index contributed by atoms with van der Waals surface area (Å²) in [6.07, 6.45) is 6.75. The number of rotatable bonds is 1.